The summed E-state index contributed by atoms with van der Waals surface area (Å²) < 4.78 is 5.25. The minimum absolute atomic E-state index is 0.527. The Balaban J connectivity index is 1.96. The van der Waals surface area contributed by atoms with E-state index in [0.29, 0.717) is 11.7 Å². The van der Waals surface area contributed by atoms with Gasteiger partial charge in [0.05, 0.1) is 12.1 Å². The second kappa shape index (κ2) is 5.14. The molecule has 0 unspecified atom stereocenters. The lowest BCUT2D eigenvalue weighted by molar-refractivity contribution is 0.233. The highest BCUT2D eigenvalue weighted by Crippen LogP contribution is 2.15. The highest BCUT2D eigenvalue weighted by Gasteiger charge is 2.22. The first-order valence-electron chi connectivity index (χ1n) is 6.40. The zero-order valence-corrected chi connectivity index (χ0v) is 10.8. The molecule has 2 heterocycles. The van der Waals surface area contributed by atoms with Gasteiger partial charge in [0, 0.05) is 0 Å². The van der Waals surface area contributed by atoms with E-state index in [0.717, 1.165) is 19.6 Å². The molecule has 2 N–H and O–H groups in total. The number of nitrogens with two attached hydrogens (primary N) is 1. The Kier molecular flexibility index (Phi) is 3.79. The molecule has 0 spiro atoms. The van der Waals surface area contributed by atoms with E-state index in [-0.39, 0.29) is 0 Å². The monoisotopic (exact) mass is 238 g/mol. The Morgan fingerprint density at radius 2 is 1.88 bits per heavy atom. The lowest BCUT2D eigenvalue weighted by Crippen LogP contribution is -2.30. The molecule has 1 fully saturated rings. The van der Waals surface area contributed by atoms with Crippen LogP contribution in [-0.4, -0.2) is 28.1 Å². The van der Waals surface area contributed by atoms with Crippen LogP contribution in [0.2, 0.25) is 0 Å². The molecule has 0 aliphatic carbocycles. The van der Waals surface area contributed by atoms with Crippen LogP contribution >= 0.6 is 0 Å². The molecule has 17 heavy (non-hydrogen) atoms. The van der Waals surface area contributed by atoms with E-state index in [2.05, 4.69) is 15.0 Å². The smallest absolute Gasteiger partial charge is 0.240 e. The van der Waals surface area contributed by atoms with Crippen LogP contribution in [0.15, 0.2) is 4.52 Å². The maximum atomic E-state index is 5.93. The molecular formula is C12H22N4O. The minimum atomic E-state index is -0.527. The van der Waals surface area contributed by atoms with E-state index >= 15 is 0 Å². The third-order valence-corrected chi connectivity index (χ3v) is 3.10. The number of hydrogen-bond acceptors (Lipinski definition) is 5. The number of nitrogens with zero attached hydrogens (tertiary/aromatic N) is 3. The molecule has 1 aromatic heterocycles. The van der Waals surface area contributed by atoms with Gasteiger partial charge in [-0.3, -0.25) is 4.90 Å². The van der Waals surface area contributed by atoms with Crippen molar-refractivity contribution in [3.8, 4) is 0 Å². The molecule has 1 aliphatic heterocycles. The molecule has 1 aromatic rings. The lowest BCUT2D eigenvalue weighted by atomic mass is 10.1. The Bertz CT molecular complexity index is 348. The van der Waals surface area contributed by atoms with E-state index < -0.39 is 5.54 Å². The van der Waals surface area contributed by atoms with Crippen molar-refractivity contribution in [1.29, 1.82) is 0 Å². The van der Waals surface area contributed by atoms with E-state index in [1.54, 1.807) is 0 Å². The van der Waals surface area contributed by atoms with Crippen LogP contribution in [0.5, 0.6) is 0 Å². The molecule has 5 nitrogen and oxygen atoms in total. The third kappa shape index (κ3) is 3.51. The average Bonchev–Trinajstić information content (AvgIpc) is 2.56. The summed E-state index contributed by atoms with van der Waals surface area (Å²) in [5.41, 5.74) is 5.40. The molecule has 2 rings (SSSR count). The number of hydrogen-bond donors (Lipinski definition) is 1. The first-order valence-corrected chi connectivity index (χ1v) is 6.40. The van der Waals surface area contributed by atoms with Crippen molar-refractivity contribution in [2.24, 2.45) is 5.73 Å². The summed E-state index contributed by atoms with van der Waals surface area (Å²) in [5.74, 6) is 1.27. The zero-order chi connectivity index (χ0) is 12.3. The number of likely N-dealkylation sites (tertiary alicyclic amines) is 1. The van der Waals surface area contributed by atoms with Crippen LogP contribution < -0.4 is 5.73 Å². The maximum absolute atomic E-state index is 5.93. The molecule has 0 atom stereocenters. The summed E-state index contributed by atoms with van der Waals surface area (Å²) in [6.45, 7) is 6.78. The Morgan fingerprint density at radius 1 is 1.24 bits per heavy atom. The molecule has 0 bridgehead atoms. The largest absolute Gasteiger partial charge is 0.338 e. The van der Waals surface area contributed by atoms with Crippen molar-refractivity contribution in [3.63, 3.8) is 0 Å². The SMILES string of the molecule is CC(C)(N)c1noc(CN2CCCCCC2)n1. The van der Waals surface area contributed by atoms with Crippen molar-refractivity contribution in [3.05, 3.63) is 11.7 Å². The van der Waals surface area contributed by atoms with Gasteiger partial charge in [-0.1, -0.05) is 18.0 Å². The molecular weight excluding hydrogens is 216 g/mol. The van der Waals surface area contributed by atoms with Crippen LogP contribution in [0, 0.1) is 0 Å². The van der Waals surface area contributed by atoms with E-state index in [9.17, 15) is 0 Å². The standard InChI is InChI=1S/C12H22N4O/c1-12(2,13)11-14-10(17-15-11)9-16-7-5-3-4-6-8-16/h3-9,13H2,1-2H3. The minimum Gasteiger partial charge on any atom is -0.338 e. The van der Waals surface area contributed by atoms with E-state index in [1.165, 1.54) is 25.7 Å². The summed E-state index contributed by atoms with van der Waals surface area (Å²) in [4.78, 5) is 6.74. The fraction of sp³-hybridized carbons (Fsp3) is 0.833. The van der Waals surface area contributed by atoms with Gasteiger partial charge in [0.15, 0.2) is 5.82 Å². The van der Waals surface area contributed by atoms with E-state index in [1.807, 2.05) is 13.8 Å². The predicted octanol–water partition coefficient (Wildman–Crippen LogP) is 1.64. The fourth-order valence-electron chi connectivity index (χ4n) is 2.07. The average molecular weight is 238 g/mol. The number of rotatable bonds is 3. The van der Waals surface area contributed by atoms with Gasteiger partial charge in [-0.05, 0) is 39.8 Å². The molecule has 1 aliphatic rings. The van der Waals surface area contributed by atoms with Crippen molar-refractivity contribution < 1.29 is 4.52 Å². The Morgan fingerprint density at radius 3 is 2.41 bits per heavy atom. The summed E-state index contributed by atoms with van der Waals surface area (Å²) in [7, 11) is 0. The Labute approximate surface area is 102 Å². The van der Waals surface area contributed by atoms with Gasteiger partial charge in [-0.25, -0.2) is 0 Å². The van der Waals surface area contributed by atoms with Gasteiger partial charge in [-0.15, -0.1) is 0 Å². The summed E-state index contributed by atoms with van der Waals surface area (Å²) in [6.07, 6.45) is 5.20. The predicted molar refractivity (Wildman–Crippen MR) is 65.3 cm³/mol. The van der Waals surface area contributed by atoms with Crippen LogP contribution in [0.4, 0.5) is 0 Å². The molecule has 0 aromatic carbocycles. The first kappa shape index (κ1) is 12.5. The highest BCUT2D eigenvalue weighted by molar-refractivity contribution is 4.99. The van der Waals surface area contributed by atoms with Gasteiger partial charge in [0.25, 0.3) is 0 Å². The molecule has 0 saturated carbocycles. The van der Waals surface area contributed by atoms with Crippen LogP contribution in [-0.2, 0) is 12.1 Å². The van der Waals surface area contributed by atoms with Gasteiger partial charge >= 0.3 is 0 Å². The van der Waals surface area contributed by atoms with Gasteiger partial charge < -0.3 is 10.3 Å². The molecule has 0 radical (unpaired) electrons. The fourth-order valence-corrected chi connectivity index (χ4v) is 2.07. The zero-order valence-electron chi connectivity index (χ0n) is 10.8. The van der Waals surface area contributed by atoms with Gasteiger partial charge in [0.2, 0.25) is 5.89 Å². The highest BCUT2D eigenvalue weighted by atomic mass is 16.5. The maximum Gasteiger partial charge on any atom is 0.240 e. The second-order valence-electron chi connectivity index (χ2n) is 5.42. The van der Waals surface area contributed by atoms with Gasteiger partial charge in [0.1, 0.15) is 0 Å². The number of aromatic nitrogens is 2. The van der Waals surface area contributed by atoms with Crippen molar-refractivity contribution in [2.45, 2.75) is 51.6 Å². The molecule has 5 heteroatoms. The summed E-state index contributed by atoms with van der Waals surface area (Å²) in [6, 6.07) is 0. The quantitative estimate of drug-likeness (QED) is 0.867. The topological polar surface area (TPSA) is 68.2 Å². The Hall–Kier alpha value is -0.940. The molecule has 96 valence electrons. The van der Waals surface area contributed by atoms with E-state index in [4.69, 9.17) is 10.3 Å². The van der Waals surface area contributed by atoms with Crippen molar-refractivity contribution >= 4 is 0 Å². The van der Waals surface area contributed by atoms with Gasteiger partial charge in [-0.2, -0.15) is 4.98 Å². The third-order valence-electron chi connectivity index (χ3n) is 3.10. The summed E-state index contributed by atoms with van der Waals surface area (Å²) in [5, 5.41) is 3.94. The first-order chi connectivity index (χ1) is 8.05. The van der Waals surface area contributed by atoms with Crippen molar-refractivity contribution in [2.75, 3.05) is 13.1 Å². The van der Waals surface area contributed by atoms with Crippen LogP contribution in [0.1, 0.15) is 51.2 Å². The molecule has 1 saturated heterocycles. The lowest BCUT2D eigenvalue weighted by Gasteiger charge is -2.16. The van der Waals surface area contributed by atoms with Crippen LogP contribution in [0.25, 0.3) is 0 Å². The van der Waals surface area contributed by atoms with Crippen molar-refractivity contribution in [1.82, 2.24) is 15.0 Å². The normalized spacial score (nSPS) is 19.2. The molecule has 0 amide bonds. The summed E-state index contributed by atoms with van der Waals surface area (Å²) >= 11 is 0. The second-order valence-corrected chi connectivity index (χ2v) is 5.42. The van der Waals surface area contributed by atoms with Crippen LogP contribution in [0.3, 0.4) is 0 Å².